The van der Waals surface area contributed by atoms with Gasteiger partial charge in [-0.15, -0.1) is 0 Å². The molecule has 1 heterocycles. The molecule has 14 nitrogen and oxygen atoms in total. The molecule has 4 amide bonds. The summed E-state index contributed by atoms with van der Waals surface area (Å²) in [6, 6.07) is 6.22. The number of hydrogen-bond acceptors (Lipinski definition) is 9. The number of alkyl carbamates (subject to hydrolysis) is 1. The molecule has 1 aromatic rings. The second kappa shape index (κ2) is 20.3. The molecular weight excluding hydrogens is 630 g/mol. The van der Waals surface area contributed by atoms with Gasteiger partial charge in [0.15, 0.2) is 0 Å². The van der Waals surface area contributed by atoms with Crippen LogP contribution in [0.2, 0.25) is 0 Å². The van der Waals surface area contributed by atoms with Crippen molar-refractivity contribution in [1.29, 1.82) is 0 Å². The van der Waals surface area contributed by atoms with E-state index in [9.17, 15) is 32.4 Å². The van der Waals surface area contributed by atoms with Crippen LogP contribution in [0.1, 0.15) is 64.9 Å². The lowest BCUT2D eigenvalue weighted by Gasteiger charge is -2.26. The Balaban J connectivity index is 2.16. The number of sulfonamides is 1. The minimum atomic E-state index is -3.38. The van der Waals surface area contributed by atoms with Crippen LogP contribution >= 0.6 is 0 Å². The average Bonchev–Trinajstić information content (AvgIpc) is 3.41. The zero-order valence-electron chi connectivity index (χ0n) is 27.6. The maximum absolute atomic E-state index is 13.6. The summed E-state index contributed by atoms with van der Waals surface area (Å²) in [7, 11) is -3.38. The van der Waals surface area contributed by atoms with Gasteiger partial charge in [0.1, 0.15) is 18.7 Å². The number of hydrogen-bond donors (Lipinski definition) is 5. The Bertz CT molecular complexity index is 1320. The quantitative estimate of drug-likeness (QED) is 0.0773. The van der Waals surface area contributed by atoms with Gasteiger partial charge < -0.3 is 30.7 Å². The van der Waals surface area contributed by atoms with Gasteiger partial charge in [0.25, 0.3) is 0 Å². The fourth-order valence-electron chi connectivity index (χ4n) is 4.91. The second-order valence-corrected chi connectivity index (χ2v) is 13.7. The monoisotopic (exact) mass is 679 g/mol. The minimum Gasteiger partial charge on any atom is -0.463 e. The van der Waals surface area contributed by atoms with Gasteiger partial charge in [0.2, 0.25) is 27.7 Å². The molecule has 1 saturated heterocycles. The summed E-state index contributed by atoms with van der Waals surface area (Å²) in [6.07, 6.45) is 4.92. The van der Waals surface area contributed by atoms with Crippen LogP contribution in [0.4, 0.5) is 4.79 Å². The Labute approximate surface area is 277 Å². The Morgan fingerprint density at radius 3 is 2.32 bits per heavy atom. The zero-order chi connectivity index (χ0) is 34.8. The maximum atomic E-state index is 13.6. The Kier molecular flexibility index (Phi) is 16.9. The highest BCUT2D eigenvalue weighted by Gasteiger charge is 2.31. The summed E-state index contributed by atoms with van der Waals surface area (Å²) in [4.78, 5) is 64.1. The molecular formula is C32H49N5O9S. The van der Waals surface area contributed by atoms with Gasteiger partial charge in [-0.05, 0) is 56.9 Å². The molecule has 0 bridgehead atoms. The molecule has 47 heavy (non-hydrogen) atoms. The average molecular weight is 680 g/mol. The number of benzene rings is 1. The van der Waals surface area contributed by atoms with E-state index in [-0.39, 0.29) is 56.8 Å². The van der Waals surface area contributed by atoms with Crippen LogP contribution in [0.15, 0.2) is 42.5 Å². The number of carbonyl (C=O) groups excluding carboxylic acids is 5. The van der Waals surface area contributed by atoms with Crippen LogP contribution in [-0.2, 0) is 45.3 Å². The predicted octanol–water partition coefficient (Wildman–Crippen LogP) is 1.66. The van der Waals surface area contributed by atoms with E-state index < -0.39 is 52.0 Å². The molecule has 2 rings (SSSR count). The van der Waals surface area contributed by atoms with Crippen molar-refractivity contribution in [1.82, 2.24) is 26.0 Å². The molecule has 1 fully saturated rings. The number of amides is 4. The molecule has 0 unspecified atom stereocenters. The van der Waals surface area contributed by atoms with Gasteiger partial charge in [-0.25, -0.2) is 22.7 Å². The first-order valence-electron chi connectivity index (χ1n) is 15.9. The lowest BCUT2D eigenvalue weighted by Crippen LogP contribution is -2.55. The van der Waals surface area contributed by atoms with E-state index >= 15 is 0 Å². The van der Waals surface area contributed by atoms with Gasteiger partial charge in [-0.1, -0.05) is 50.3 Å². The van der Waals surface area contributed by atoms with Gasteiger partial charge >= 0.3 is 12.1 Å². The summed E-state index contributed by atoms with van der Waals surface area (Å²) in [5.74, 6) is -2.24. The second-order valence-electron chi connectivity index (χ2n) is 11.9. The topological polar surface area (TPSA) is 198 Å². The van der Waals surface area contributed by atoms with Crippen molar-refractivity contribution in [3.05, 3.63) is 48.0 Å². The third kappa shape index (κ3) is 16.4. The molecule has 0 aliphatic carbocycles. The molecule has 1 aromatic carbocycles. The maximum Gasteiger partial charge on any atom is 0.408 e. The number of unbranched alkanes of at least 4 members (excludes halogenated alkanes) is 1. The highest BCUT2D eigenvalue weighted by Crippen LogP contribution is 2.18. The third-order valence-corrected chi connectivity index (χ3v) is 7.95. The fourth-order valence-corrected chi connectivity index (χ4v) is 5.43. The van der Waals surface area contributed by atoms with Crippen LogP contribution in [0.25, 0.3) is 0 Å². The van der Waals surface area contributed by atoms with Crippen LogP contribution in [0, 0.1) is 11.8 Å². The first-order chi connectivity index (χ1) is 22.3. The number of carbonyl (C=O) groups is 5. The lowest BCUT2D eigenvalue weighted by molar-refractivity contribution is -0.137. The molecule has 15 heteroatoms. The van der Waals surface area contributed by atoms with E-state index in [0.717, 1.165) is 11.8 Å². The van der Waals surface area contributed by atoms with Gasteiger partial charge in [-0.3, -0.25) is 14.4 Å². The Morgan fingerprint density at radius 1 is 1.00 bits per heavy atom. The summed E-state index contributed by atoms with van der Waals surface area (Å²) in [5, 5.41) is 11.0. The molecule has 262 valence electrons. The number of ether oxygens (including phenoxy) is 2. The summed E-state index contributed by atoms with van der Waals surface area (Å²) in [5.41, 5.74) is 0.755. The van der Waals surface area contributed by atoms with E-state index in [1.807, 2.05) is 19.9 Å². The highest BCUT2D eigenvalue weighted by atomic mass is 32.2. The van der Waals surface area contributed by atoms with Crippen LogP contribution in [0.5, 0.6) is 0 Å². The third-order valence-electron chi connectivity index (χ3n) is 7.23. The zero-order valence-corrected chi connectivity index (χ0v) is 28.4. The number of esters is 1. The molecule has 1 aliphatic rings. The van der Waals surface area contributed by atoms with E-state index in [0.29, 0.717) is 25.8 Å². The largest absolute Gasteiger partial charge is 0.463 e. The SMILES string of the molecule is CCOC(=O)C=C[C@H](C[C@@H]1CCNC1=O)NC(=O)[C@H](CC(C)C)NC(=O)[C@H](CCCCNS(C)(=O)=O)NC(=O)OCc1ccccc1. The van der Waals surface area contributed by atoms with Crippen molar-refractivity contribution >= 4 is 39.8 Å². The molecule has 0 spiro atoms. The van der Waals surface area contributed by atoms with Crippen LogP contribution < -0.4 is 26.0 Å². The number of rotatable bonds is 20. The molecule has 1 aliphatic heterocycles. The standard InChI is InChI=1S/C32H49N5O9S/c1-5-45-28(38)15-14-25(20-24-16-18-33-29(24)39)35-31(41)27(19-22(2)3)36-30(40)26(13-9-10-17-34-47(4,43)44)37-32(42)46-21-23-11-7-6-8-12-23/h6-8,11-12,14-15,22,24-27,34H,5,9-10,13,16-21H2,1-4H3,(H,33,39)(H,35,41)(H,36,40)(H,37,42)/t24-,25+,26-,27-/m0/s1. The summed E-state index contributed by atoms with van der Waals surface area (Å²) >= 11 is 0. The first-order valence-corrected chi connectivity index (χ1v) is 17.8. The summed E-state index contributed by atoms with van der Waals surface area (Å²) < 4.78 is 35.5. The van der Waals surface area contributed by atoms with Crippen LogP contribution in [-0.4, -0.2) is 82.3 Å². The van der Waals surface area contributed by atoms with Crippen molar-refractivity contribution in [2.75, 3.05) is 26.0 Å². The smallest absolute Gasteiger partial charge is 0.408 e. The molecule has 5 N–H and O–H groups in total. The van der Waals surface area contributed by atoms with Crippen molar-refractivity contribution in [2.24, 2.45) is 11.8 Å². The van der Waals surface area contributed by atoms with Crippen molar-refractivity contribution in [3.63, 3.8) is 0 Å². The Hall–Kier alpha value is -3.98. The molecule has 0 radical (unpaired) electrons. The Morgan fingerprint density at radius 2 is 1.70 bits per heavy atom. The lowest BCUT2D eigenvalue weighted by atomic mass is 9.96. The predicted molar refractivity (Wildman–Crippen MR) is 175 cm³/mol. The highest BCUT2D eigenvalue weighted by molar-refractivity contribution is 7.88. The van der Waals surface area contributed by atoms with E-state index in [2.05, 4.69) is 26.0 Å². The normalized spacial score (nSPS) is 16.6. The van der Waals surface area contributed by atoms with E-state index in [1.54, 1.807) is 31.2 Å². The van der Waals surface area contributed by atoms with Gasteiger partial charge in [0.05, 0.1) is 12.9 Å². The molecule has 0 saturated carbocycles. The summed E-state index contributed by atoms with van der Waals surface area (Å²) in [6.45, 7) is 6.28. The van der Waals surface area contributed by atoms with Gasteiger partial charge in [-0.2, -0.15) is 0 Å². The van der Waals surface area contributed by atoms with Gasteiger partial charge in [0, 0.05) is 31.1 Å². The van der Waals surface area contributed by atoms with Crippen molar-refractivity contribution in [3.8, 4) is 0 Å². The molecule has 0 aromatic heterocycles. The molecule has 4 atom stereocenters. The van der Waals surface area contributed by atoms with Crippen molar-refractivity contribution in [2.45, 2.75) is 84.0 Å². The van der Waals surface area contributed by atoms with Crippen LogP contribution in [0.3, 0.4) is 0 Å². The van der Waals surface area contributed by atoms with E-state index in [1.165, 1.54) is 12.2 Å². The fraction of sp³-hybridized carbons (Fsp3) is 0.594. The van der Waals surface area contributed by atoms with E-state index in [4.69, 9.17) is 9.47 Å². The first kappa shape index (κ1) is 39.2. The number of nitrogens with one attached hydrogen (secondary N) is 5. The van der Waals surface area contributed by atoms with Crippen molar-refractivity contribution < 1.29 is 41.9 Å². The minimum absolute atomic E-state index is 0.00972.